The SMILES string of the molecule is Nc1ccc2nc(Sc3nc[nH]c(=O)c3Cl)sc2c1. The fourth-order valence-corrected chi connectivity index (χ4v) is 3.72. The third-order valence-corrected chi connectivity index (χ3v) is 4.89. The van der Waals surface area contributed by atoms with E-state index in [9.17, 15) is 4.79 Å². The first-order chi connectivity index (χ1) is 9.13. The first-order valence-electron chi connectivity index (χ1n) is 5.20. The number of nitrogen functional groups attached to an aromatic ring is 1. The van der Waals surface area contributed by atoms with Crippen LogP contribution in [-0.4, -0.2) is 15.0 Å². The van der Waals surface area contributed by atoms with Gasteiger partial charge in [-0.15, -0.1) is 11.3 Å². The maximum Gasteiger partial charge on any atom is 0.270 e. The normalized spacial score (nSPS) is 11.0. The number of anilines is 1. The topological polar surface area (TPSA) is 84.7 Å². The number of aromatic amines is 1. The summed E-state index contributed by atoms with van der Waals surface area (Å²) in [6.45, 7) is 0. The van der Waals surface area contributed by atoms with Crippen molar-refractivity contribution >= 4 is 50.6 Å². The van der Waals surface area contributed by atoms with Gasteiger partial charge in [-0.2, -0.15) is 0 Å². The second-order valence-corrected chi connectivity index (χ2v) is 6.30. The van der Waals surface area contributed by atoms with Gasteiger partial charge in [0, 0.05) is 5.69 Å². The van der Waals surface area contributed by atoms with Crippen LogP contribution in [-0.2, 0) is 0 Å². The van der Waals surface area contributed by atoms with Gasteiger partial charge < -0.3 is 10.7 Å². The maximum atomic E-state index is 11.4. The van der Waals surface area contributed by atoms with Crippen LogP contribution in [0, 0.1) is 0 Å². The molecule has 3 rings (SSSR count). The van der Waals surface area contributed by atoms with Crippen LogP contribution in [0.25, 0.3) is 10.2 Å². The Morgan fingerprint density at radius 3 is 3.11 bits per heavy atom. The van der Waals surface area contributed by atoms with Gasteiger partial charge in [-0.1, -0.05) is 11.6 Å². The summed E-state index contributed by atoms with van der Waals surface area (Å²) in [6, 6.07) is 5.52. The molecule has 0 aliphatic carbocycles. The average molecular weight is 311 g/mol. The molecule has 0 aliphatic heterocycles. The van der Waals surface area contributed by atoms with Crippen LogP contribution in [0.15, 0.2) is 38.7 Å². The highest BCUT2D eigenvalue weighted by Crippen LogP contribution is 2.35. The number of hydrogen-bond acceptors (Lipinski definition) is 6. The van der Waals surface area contributed by atoms with Gasteiger partial charge in [-0.05, 0) is 30.0 Å². The highest BCUT2D eigenvalue weighted by molar-refractivity contribution is 8.01. The van der Waals surface area contributed by atoms with Crippen LogP contribution in [0.3, 0.4) is 0 Å². The minimum absolute atomic E-state index is 0.0753. The standard InChI is InChI=1S/C11H7ClN4OS2/c12-8-9(17)14-4-15-10(8)19-11-16-6-2-1-5(13)3-7(6)18-11/h1-4H,13H2,(H,14,15,17). The molecule has 96 valence electrons. The summed E-state index contributed by atoms with van der Waals surface area (Å²) in [5.74, 6) is 0. The number of nitrogens with one attached hydrogen (secondary N) is 1. The Balaban J connectivity index is 2.01. The smallest absolute Gasteiger partial charge is 0.270 e. The number of hydrogen-bond donors (Lipinski definition) is 2. The monoisotopic (exact) mass is 310 g/mol. The molecular formula is C11H7ClN4OS2. The minimum atomic E-state index is -0.357. The number of nitrogens with two attached hydrogens (primary N) is 1. The van der Waals surface area contributed by atoms with Crippen molar-refractivity contribution in [3.63, 3.8) is 0 Å². The highest BCUT2D eigenvalue weighted by atomic mass is 35.5. The Morgan fingerprint density at radius 2 is 2.26 bits per heavy atom. The Labute approximate surface area is 120 Å². The lowest BCUT2D eigenvalue weighted by Crippen LogP contribution is -2.07. The lowest BCUT2D eigenvalue weighted by molar-refractivity contribution is 1.01. The largest absolute Gasteiger partial charge is 0.399 e. The Hall–Kier alpha value is -1.57. The molecule has 0 saturated heterocycles. The van der Waals surface area contributed by atoms with Crippen LogP contribution in [0.2, 0.25) is 5.02 Å². The van der Waals surface area contributed by atoms with Crippen molar-refractivity contribution in [2.45, 2.75) is 9.37 Å². The zero-order valence-corrected chi connectivity index (χ0v) is 11.8. The quantitative estimate of drug-likeness (QED) is 0.561. The van der Waals surface area contributed by atoms with Gasteiger partial charge in [-0.25, -0.2) is 9.97 Å². The second kappa shape index (κ2) is 4.84. The van der Waals surface area contributed by atoms with E-state index in [2.05, 4.69) is 15.0 Å². The Bertz CT molecular complexity index is 814. The van der Waals surface area contributed by atoms with Crippen LogP contribution in [0.5, 0.6) is 0 Å². The first-order valence-corrected chi connectivity index (χ1v) is 7.21. The van der Waals surface area contributed by atoms with Gasteiger partial charge in [-0.3, -0.25) is 4.79 Å². The summed E-state index contributed by atoms with van der Waals surface area (Å²) in [5.41, 5.74) is 6.92. The predicted octanol–water partition coefficient (Wildman–Crippen LogP) is 2.77. The summed E-state index contributed by atoms with van der Waals surface area (Å²) in [4.78, 5) is 22.3. The molecule has 0 aliphatic rings. The van der Waals surface area contributed by atoms with Crippen molar-refractivity contribution in [1.29, 1.82) is 0 Å². The third kappa shape index (κ3) is 2.44. The molecule has 0 atom stereocenters. The molecule has 0 fully saturated rings. The highest BCUT2D eigenvalue weighted by Gasteiger charge is 2.11. The van der Waals surface area contributed by atoms with Gasteiger partial charge in [0.2, 0.25) is 0 Å². The molecular weight excluding hydrogens is 304 g/mol. The van der Waals surface area contributed by atoms with E-state index in [1.54, 1.807) is 6.07 Å². The molecule has 0 saturated carbocycles. The fourth-order valence-electron chi connectivity index (χ4n) is 1.48. The predicted molar refractivity (Wildman–Crippen MR) is 78.0 cm³/mol. The Kier molecular flexibility index (Phi) is 3.17. The van der Waals surface area contributed by atoms with Gasteiger partial charge in [0.25, 0.3) is 5.56 Å². The van der Waals surface area contributed by atoms with Gasteiger partial charge >= 0.3 is 0 Å². The molecule has 3 N–H and O–H groups in total. The van der Waals surface area contributed by atoms with E-state index in [0.717, 1.165) is 14.6 Å². The van der Waals surface area contributed by atoms with E-state index in [0.29, 0.717) is 10.7 Å². The summed E-state index contributed by atoms with van der Waals surface area (Å²) in [7, 11) is 0. The zero-order chi connectivity index (χ0) is 13.4. The van der Waals surface area contributed by atoms with E-state index in [1.807, 2.05) is 12.1 Å². The molecule has 1 aromatic carbocycles. The van der Waals surface area contributed by atoms with Crippen molar-refractivity contribution in [3.05, 3.63) is 39.9 Å². The van der Waals surface area contributed by atoms with Crippen LogP contribution >= 0.6 is 34.7 Å². The summed E-state index contributed by atoms with van der Waals surface area (Å²) in [6.07, 6.45) is 1.32. The van der Waals surface area contributed by atoms with E-state index in [1.165, 1.54) is 29.4 Å². The molecule has 3 aromatic rings. The molecule has 8 heteroatoms. The summed E-state index contributed by atoms with van der Waals surface area (Å²) in [5, 5.41) is 0.517. The minimum Gasteiger partial charge on any atom is -0.399 e. The lowest BCUT2D eigenvalue weighted by Gasteiger charge is -1.97. The third-order valence-electron chi connectivity index (χ3n) is 2.34. The lowest BCUT2D eigenvalue weighted by atomic mass is 10.3. The number of thiazole rings is 1. The average Bonchev–Trinajstić information content (AvgIpc) is 2.76. The molecule has 2 aromatic heterocycles. The number of halogens is 1. The van der Waals surface area contributed by atoms with Crippen molar-refractivity contribution < 1.29 is 0 Å². The van der Waals surface area contributed by atoms with E-state index in [-0.39, 0.29) is 10.6 Å². The van der Waals surface area contributed by atoms with Crippen molar-refractivity contribution in [2.24, 2.45) is 0 Å². The number of fused-ring (bicyclic) bond motifs is 1. The molecule has 0 spiro atoms. The van der Waals surface area contributed by atoms with Gasteiger partial charge in [0.05, 0.1) is 16.5 Å². The van der Waals surface area contributed by atoms with E-state index >= 15 is 0 Å². The molecule has 0 radical (unpaired) electrons. The van der Waals surface area contributed by atoms with Crippen LogP contribution < -0.4 is 11.3 Å². The zero-order valence-electron chi connectivity index (χ0n) is 9.38. The van der Waals surface area contributed by atoms with Gasteiger partial charge in [0.1, 0.15) is 10.0 Å². The van der Waals surface area contributed by atoms with Crippen molar-refractivity contribution in [2.75, 3.05) is 5.73 Å². The number of H-pyrrole nitrogens is 1. The molecule has 0 amide bonds. The van der Waals surface area contributed by atoms with Crippen LogP contribution in [0.4, 0.5) is 5.69 Å². The number of nitrogens with zero attached hydrogens (tertiary/aromatic N) is 2. The van der Waals surface area contributed by atoms with E-state index < -0.39 is 0 Å². The molecule has 0 bridgehead atoms. The molecule has 2 heterocycles. The number of benzene rings is 1. The molecule has 5 nitrogen and oxygen atoms in total. The number of rotatable bonds is 2. The maximum absolute atomic E-state index is 11.4. The summed E-state index contributed by atoms with van der Waals surface area (Å²) < 4.78 is 1.75. The van der Waals surface area contributed by atoms with Crippen molar-refractivity contribution in [1.82, 2.24) is 15.0 Å². The first kappa shape index (κ1) is 12.5. The molecule has 19 heavy (non-hydrogen) atoms. The second-order valence-electron chi connectivity index (χ2n) is 3.66. The van der Waals surface area contributed by atoms with E-state index in [4.69, 9.17) is 17.3 Å². The number of aromatic nitrogens is 3. The Morgan fingerprint density at radius 1 is 1.42 bits per heavy atom. The molecule has 0 unspecified atom stereocenters. The fraction of sp³-hybridized carbons (Fsp3) is 0. The van der Waals surface area contributed by atoms with Crippen molar-refractivity contribution in [3.8, 4) is 0 Å². The van der Waals surface area contributed by atoms with Gasteiger partial charge in [0.15, 0.2) is 4.34 Å². The summed E-state index contributed by atoms with van der Waals surface area (Å²) >= 11 is 8.64. The van der Waals surface area contributed by atoms with Crippen LogP contribution in [0.1, 0.15) is 0 Å².